The van der Waals surface area contributed by atoms with Gasteiger partial charge in [0.05, 0.1) is 16.6 Å². The Morgan fingerprint density at radius 3 is 1.65 bits per heavy atom. The summed E-state index contributed by atoms with van der Waals surface area (Å²) < 4.78 is 57.0. The van der Waals surface area contributed by atoms with Crippen molar-refractivity contribution in [3.05, 3.63) is 149 Å². The van der Waals surface area contributed by atoms with Gasteiger partial charge in [-0.25, -0.2) is 0 Å². The van der Waals surface area contributed by atoms with E-state index in [0.717, 1.165) is 11.1 Å². The third kappa shape index (κ3) is 8.55. The van der Waals surface area contributed by atoms with E-state index in [4.69, 9.17) is 9.05 Å². The molecule has 1 unspecified atom stereocenters. The van der Waals surface area contributed by atoms with E-state index in [1.54, 1.807) is 65.8 Å². The first-order chi connectivity index (χ1) is 21.5. The van der Waals surface area contributed by atoms with E-state index in [-0.39, 0.29) is 12.2 Å². The highest BCUT2D eigenvalue weighted by Gasteiger charge is 2.58. The molecule has 4 rings (SSSR count). The third-order valence-corrected chi connectivity index (χ3v) is 9.83. The number of halogens is 2. The van der Waals surface area contributed by atoms with Crippen molar-refractivity contribution in [3.63, 3.8) is 0 Å². The van der Waals surface area contributed by atoms with E-state index in [2.05, 4.69) is 0 Å². The molecule has 0 aliphatic rings. The topological polar surface area (TPSA) is 52.6 Å². The van der Waals surface area contributed by atoms with Gasteiger partial charge in [-0.2, -0.15) is 8.78 Å². The van der Waals surface area contributed by atoms with Crippen LogP contribution in [-0.4, -0.2) is 17.0 Å². The number of alkyl halides is 2. The Morgan fingerprint density at radius 2 is 1.15 bits per heavy atom. The maximum absolute atomic E-state index is 16.1. The second-order valence-electron chi connectivity index (χ2n) is 13.5. The normalized spacial score (nSPS) is 14.3. The lowest BCUT2D eigenvalue weighted by atomic mass is 9.68. The summed E-state index contributed by atoms with van der Waals surface area (Å²) in [7, 11) is -4.99. The second-order valence-corrected chi connectivity index (χ2v) is 15.4. The van der Waals surface area contributed by atoms with Crippen LogP contribution < -0.4 is 0 Å². The van der Waals surface area contributed by atoms with E-state index < -0.39 is 35.4 Å². The molecule has 7 heteroatoms. The van der Waals surface area contributed by atoms with Crippen LogP contribution in [0.25, 0.3) is 6.08 Å². The third-order valence-electron chi connectivity index (χ3n) is 7.31. The predicted octanol–water partition coefficient (Wildman–Crippen LogP) is 11.0. The van der Waals surface area contributed by atoms with Gasteiger partial charge in [0.2, 0.25) is 0 Å². The monoisotopic (exact) mass is 644 g/mol. The largest absolute Gasteiger partial charge is 0.405 e. The van der Waals surface area contributed by atoms with Gasteiger partial charge in [0.15, 0.2) is 5.78 Å². The molecule has 0 saturated heterocycles. The predicted molar refractivity (Wildman–Crippen MR) is 182 cm³/mol. The first-order valence-corrected chi connectivity index (χ1v) is 16.9. The number of hydrogen-bond donors (Lipinski definition) is 0. The average molecular weight is 645 g/mol. The van der Waals surface area contributed by atoms with Crippen LogP contribution in [-0.2, 0) is 31.1 Å². The quantitative estimate of drug-likeness (QED) is 0.114. The molecule has 4 aromatic carbocycles. The van der Waals surface area contributed by atoms with Crippen LogP contribution in [0.5, 0.6) is 0 Å². The molecule has 46 heavy (non-hydrogen) atoms. The minimum Gasteiger partial charge on any atom is -0.298 e. The summed E-state index contributed by atoms with van der Waals surface area (Å²) in [4.78, 5) is 14.5. The Balaban J connectivity index is 1.78. The Morgan fingerprint density at radius 1 is 0.674 bits per heavy atom. The highest BCUT2D eigenvalue weighted by molar-refractivity contribution is 7.54. The maximum Gasteiger partial charge on any atom is 0.405 e. The molecule has 0 heterocycles. The Kier molecular flexibility index (Phi) is 10.7. The van der Waals surface area contributed by atoms with Crippen LogP contribution in [0.1, 0.15) is 80.6 Å². The molecule has 0 saturated carbocycles. The first kappa shape index (κ1) is 35.2. The zero-order chi connectivity index (χ0) is 33.6. The SMILES string of the molecule is CC(C)(C)OP(=O)(OC(C)(C)C)C(F)(F)c1ccc(CC(CC=Cc2ccccc2)(C(=O)c2ccccc2)c2ccccc2)cc1. The number of hydrogen-bond acceptors (Lipinski definition) is 4. The molecule has 4 nitrogen and oxygen atoms in total. The highest BCUT2D eigenvalue weighted by Crippen LogP contribution is 2.69. The lowest BCUT2D eigenvalue weighted by molar-refractivity contribution is -0.0213. The standard InChI is InChI=1S/C39H43F2O4P/c1-36(2,3)44-46(43,45-37(4,5)6)39(40,41)34-26-24-31(25-27-34)29-38(33-22-14-9-15-23-33,35(42)32-20-12-8-13-21-32)28-16-19-30-17-10-7-11-18-30/h7-27H,28-29H2,1-6H3. The molecule has 242 valence electrons. The highest BCUT2D eigenvalue weighted by atomic mass is 31.2. The van der Waals surface area contributed by atoms with Gasteiger partial charge in [-0.15, -0.1) is 0 Å². The average Bonchev–Trinajstić information content (AvgIpc) is 3.00. The fraction of sp³-hybridized carbons (Fsp3) is 0.308. The fourth-order valence-corrected chi connectivity index (χ4v) is 7.54. The van der Waals surface area contributed by atoms with Gasteiger partial charge in [0, 0.05) is 11.1 Å². The summed E-state index contributed by atoms with van der Waals surface area (Å²) >= 11 is 0. The summed E-state index contributed by atoms with van der Waals surface area (Å²) in [5, 5.41) is 0. The number of rotatable bonds is 12. The van der Waals surface area contributed by atoms with E-state index in [1.165, 1.54) is 12.1 Å². The maximum atomic E-state index is 16.1. The van der Waals surface area contributed by atoms with Crippen molar-refractivity contribution in [2.45, 2.75) is 76.7 Å². The van der Waals surface area contributed by atoms with E-state index in [0.29, 0.717) is 17.5 Å². The van der Waals surface area contributed by atoms with Crippen LogP contribution >= 0.6 is 7.60 Å². The molecule has 0 spiro atoms. The molecule has 0 aliphatic heterocycles. The summed E-state index contributed by atoms with van der Waals surface area (Å²) in [6.45, 7) is 9.36. The second kappa shape index (κ2) is 14.0. The Labute approximate surface area is 272 Å². The molecular weight excluding hydrogens is 601 g/mol. The molecule has 0 fully saturated rings. The van der Waals surface area contributed by atoms with Gasteiger partial charge in [-0.3, -0.25) is 18.4 Å². The summed E-state index contributed by atoms with van der Waals surface area (Å²) in [5.41, 5.74) is -4.71. The number of carbonyl (C=O) groups excluding carboxylic acids is 1. The van der Waals surface area contributed by atoms with Crippen LogP contribution in [0.4, 0.5) is 8.78 Å². The molecule has 1 atom stereocenters. The molecule has 4 aromatic rings. The van der Waals surface area contributed by atoms with Gasteiger partial charge in [0.25, 0.3) is 0 Å². The fourth-order valence-electron chi connectivity index (χ4n) is 5.36. The van der Waals surface area contributed by atoms with Crippen molar-refractivity contribution in [1.82, 2.24) is 0 Å². The first-order valence-electron chi connectivity index (χ1n) is 15.4. The zero-order valence-corrected chi connectivity index (χ0v) is 28.3. The van der Waals surface area contributed by atoms with Crippen molar-refractivity contribution >= 4 is 19.5 Å². The van der Waals surface area contributed by atoms with Crippen molar-refractivity contribution in [3.8, 4) is 0 Å². The van der Waals surface area contributed by atoms with Crippen LogP contribution in [0, 0.1) is 0 Å². The van der Waals surface area contributed by atoms with Crippen LogP contribution in [0.2, 0.25) is 0 Å². The molecule has 0 aromatic heterocycles. The van der Waals surface area contributed by atoms with E-state index in [1.807, 2.05) is 91.0 Å². The number of allylic oxidation sites excluding steroid dienone is 1. The molecule has 0 aliphatic carbocycles. The zero-order valence-electron chi connectivity index (χ0n) is 27.4. The van der Waals surface area contributed by atoms with Crippen molar-refractivity contribution in [2.24, 2.45) is 0 Å². The summed E-state index contributed by atoms with van der Waals surface area (Å²) in [6, 6.07) is 34.2. The number of carbonyl (C=O) groups is 1. The molecule has 0 N–H and O–H groups in total. The number of ketones is 1. The number of benzene rings is 4. The van der Waals surface area contributed by atoms with E-state index in [9.17, 15) is 9.36 Å². The summed E-state index contributed by atoms with van der Waals surface area (Å²) in [6.07, 6.45) is 4.59. The van der Waals surface area contributed by atoms with Crippen LogP contribution in [0.15, 0.2) is 121 Å². The van der Waals surface area contributed by atoms with Gasteiger partial charge >= 0.3 is 13.3 Å². The van der Waals surface area contributed by atoms with E-state index >= 15 is 8.78 Å². The minimum atomic E-state index is -4.99. The van der Waals surface area contributed by atoms with Gasteiger partial charge in [0.1, 0.15) is 0 Å². The lowest BCUT2D eigenvalue weighted by Gasteiger charge is -2.36. The molecule has 0 bridgehead atoms. The molecule has 0 amide bonds. The Bertz CT molecular complexity index is 1640. The lowest BCUT2D eigenvalue weighted by Crippen LogP contribution is -2.38. The van der Waals surface area contributed by atoms with Gasteiger partial charge < -0.3 is 0 Å². The molecule has 0 radical (unpaired) electrons. The summed E-state index contributed by atoms with van der Waals surface area (Å²) in [5.74, 6) is -0.0759. The van der Waals surface area contributed by atoms with Crippen molar-refractivity contribution < 1.29 is 27.2 Å². The Hall–Kier alpha value is -3.70. The van der Waals surface area contributed by atoms with Gasteiger partial charge in [-0.1, -0.05) is 127 Å². The number of Topliss-reactive ketones (excluding diaryl/α,β-unsaturated/α-hetero) is 1. The molecular formula is C39H43F2O4P. The van der Waals surface area contributed by atoms with Crippen molar-refractivity contribution in [1.29, 1.82) is 0 Å². The van der Waals surface area contributed by atoms with Crippen molar-refractivity contribution in [2.75, 3.05) is 0 Å². The smallest absolute Gasteiger partial charge is 0.298 e. The minimum absolute atomic E-state index is 0.0759. The van der Waals surface area contributed by atoms with Crippen LogP contribution in [0.3, 0.4) is 0 Å². The van der Waals surface area contributed by atoms with Gasteiger partial charge in [-0.05, 0) is 71.1 Å².